The summed E-state index contributed by atoms with van der Waals surface area (Å²) in [6.45, 7) is 1.46. The average Bonchev–Trinajstić information content (AvgIpc) is 2.34. The Labute approximate surface area is 109 Å². The van der Waals surface area contributed by atoms with E-state index in [1.54, 1.807) is 6.92 Å². The maximum atomic E-state index is 9.80. The predicted octanol–water partition coefficient (Wildman–Crippen LogP) is 1.16. The highest BCUT2D eigenvalue weighted by Crippen LogP contribution is 2.21. The number of nitrogens with zero attached hydrogens (tertiary/aromatic N) is 2. The van der Waals surface area contributed by atoms with Crippen LogP contribution in [0.25, 0.3) is 0 Å². The van der Waals surface area contributed by atoms with Crippen LogP contribution in [0.4, 0.5) is 0 Å². The highest BCUT2D eigenvalue weighted by molar-refractivity contribution is 8.22. The molecule has 5 nitrogen and oxygen atoms in total. The van der Waals surface area contributed by atoms with E-state index in [2.05, 4.69) is 15.5 Å². The first kappa shape index (κ1) is 13.9. The summed E-state index contributed by atoms with van der Waals surface area (Å²) < 4.78 is 0.525. The van der Waals surface area contributed by atoms with Crippen molar-refractivity contribution in [2.75, 3.05) is 6.26 Å². The van der Waals surface area contributed by atoms with Crippen LogP contribution in [0.1, 0.15) is 16.8 Å². The molecular weight excluding hydrogens is 258 g/mol. The molecule has 0 atom stereocenters. The van der Waals surface area contributed by atoms with E-state index in [1.165, 1.54) is 24.2 Å². The van der Waals surface area contributed by atoms with Gasteiger partial charge in [0.15, 0.2) is 4.32 Å². The molecular formula is C10H13N3O2S2. The van der Waals surface area contributed by atoms with Crippen LogP contribution in [0.5, 0.6) is 5.75 Å². The Morgan fingerprint density at radius 3 is 3.00 bits per heavy atom. The number of aliphatic hydroxyl groups excluding tert-OH is 1. The number of thiocarbonyl (C=S) groups is 1. The minimum absolute atomic E-state index is 0.0113. The van der Waals surface area contributed by atoms with E-state index >= 15 is 0 Å². The van der Waals surface area contributed by atoms with Gasteiger partial charge in [0.05, 0.1) is 18.5 Å². The van der Waals surface area contributed by atoms with Gasteiger partial charge in [-0.2, -0.15) is 5.10 Å². The summed E-state index contributed by atoms with van der Waals surface area (Å²) in [5, 5.41) is 22.8. The van der Waals surface area contributed by atoms with Crippen LogP contribution in [0.15, 0.2) is 11.3 Å². The molecule has 0 aliphatic rings. The fourth-order valence-corrected chi connectivity index (χ4v) is 1.31. The maximum Gasteiger partial charge on any atom is 0.153 e. The van der Waals surface area contributed by atoms with Crippen molar-refractivity contribution in [1.29, 1.82) is 0 Å². The number of hydrogen-bond donors (Lipinski definition) is 3. The van der Waals surface area contributed by atoms with Crippen molar-refractivity contribution in [1.82, 2.24) is 10.4 Å². The fourth-order valence-electron chi connectivity index (χ4n) is 1.12. The quantitative estimate of drug-likeness (QED) is 0.435. The van der Waals surface area contributed by atoms with Crippen molar-refractivity contribution in [2.24, 2.45) is 5.10 Å². The highest BCUT2D eigenvalue weighted by atomic mass is 32.2. The molecule has 0 amide bonds. The first-order valence-corrected chi connectivity index (χ1v) is 6.38. The Morgan fingerprint density at radius 1 is 1.71 bits per heavy atom. The van der Waals surface area contributed by atoms with E-state index in [9.17, 15) is 5.11 Å². The van der Waals surface area contributed by atoms with Gasteiger partial charge in [0.2, 0.25) is 0 Å². The Bertz CT molecular complexity index is 449. The molecule has 1 aromatic rings. The third-order valence-electron chi connectivity index (χ3n) is 2.06. The second kappa shape index (κ2) is 6.53. The lowest BCUT2D eigenvalue weighted by atomic mass is 10.1. The summed E-state index contributed by atoms with van der Waals surface area (Å²) in [5.41, 5.74) is 4.06. The summed E-state index contributed by atoms with van der Waals surface area (Å²) >= 11 is 6.26. The molecule has 0 aliphatic heterocycles. The molecule has 1 aromatic heterocycles. The monoisotopic (exact) mass is 271 g/mol. The second-order valence-corrected chi connectivity index (χ2v) is 4.63. The van der Waals surface area contributed by atoms with E-state index in [0.717, 1.165) is 0 Å². The van der Waals surface area contributed by atoms with Crippen molar-refractivity contribution in [3.8, 4) is 5.75 Å². The number of pyridine rings is 1. The Kier molecular flexibility index (Phi) is 5.33. The Hall–Kier alpha value is -1.18. The van der Waals surface area contributed by atoms with E-state index in [-0.39, 0.29) is 12.4 Å². The number of aromatic hydroxyl groups is 1. The van der Waals surface area contributed by atoms with Crippen molar-refractivity contribution in [3.05, 3.63) is 23.0 Å². The lowest BCUT2D eigenvalue weighted by Crippen LogP contribution is -2.10. The summed E-state index contributed by atoms with van der Waals surface area (Å²) in [7, 11) is 0. The first-order chi connectivity index (χ1) is 8.10. The minimum atomic E-state index is -0.213. The number of nitrogens with one attached hydrogen (secondary N) is 1. The molecule has 0 saturated heterocycles. The van der Waals surface area contributed by atoms with E-state index < -0.39 is 0 Å². The van der Waals surface area contributed by atoms with E-state index in [0.29, 0.717) is 21.1 Å². The molecule has 3 N–H and O–H groups in total. The third kappa shape index (κ3) is 3.65. The molecule has 7 heteroatoms. The number of thioether (sulfide) groups is 1. The van der Waals surface area contributed by atoms with Gasteiger partial charge in [-0.25, -0.2) is 0 Å². The zero-order chi connectivity index (χ0) is 12.8. The lowest BCUT2D eigenvalue weighted by Gasteiger charge is -2.07. The number of aliphatic hydroxyl groups is 1. The van der Waals surface area contributed by atoms with Gasteiger partial charge in [0.25, 0.3) is 0 Å². The summed E-state index contributed by atoms with van der Waals surface area (Å²) in [5.74, 6) is 0.0113. The molecule has 0 fully saturated rings. The standard InChI is InChI=1S/C10H13N3O2S2/c1-6-9(15)8(7(5-14)3-11-6)4-12-13-10(16)17-2/h3-4,14-15H,5H2,1-2H3,(H,13,16)/b12-4+. The number of aryl methyl sites for hydroxylation is 1. The summed E-state index contributed by atoms with van der Waals surface area (Å²) in [6.07, 6.45) is 4.75. The van der Waals surface area contributed by atoms with Gasteiger partial charge in [0, 0.05) is 17.3 Å². The summed E-state index contributed by atoms with van der Waals surface area (Å²) in [4.78, 5) is 3.95. The maximum absolute atomic E-state index is 9.80. The largest absolute Gasteiger partial charge is 0.505 e. The number of hydrazone groups is 1. The van der Waals surface area contributed by atoms with Crippen molar-refractivity contribution < 1.29 is 10.2 Å². The second-order valence-electron chi connectivity index (χ2n) is 3.15. The topological polar surface area (TPSA) is 77.7 Å². The van der Waals surface area contributed by atoms with Gasteiger partial charge in [-0.1, -0.05) is 24.0 Å². The number of rotatable bonds is 3. The molecule has 0 aromatic carbocycles. The average molecular weight is 271 g/mol. The molecule has 0 unspecified atom stereocenters. The van der Waals surface area contributed by atoms with Crippen LogP contribution in [0.3, 0.4) is 0 Å². The minimum Gasteiger partial charge on any atom is -0.505 e. The molecule has 0 radical (unpaired) electrons. The molecule has 17 heavy (non-hydrogen) atoms. The van der Waals surface area contributed by atoms with Crippen LogP contribution in [0.2, 0.25) is 0 Å². The predicted molar refractivity (Wildman–Crippen MR) is 73.4 cm³/mol. The van der Waals surface area contributed by atoms with Crippen molar-refractivity contribution in [2.45, 2.75) is 13.5 Å². The van der Waals surface area contributed by atoms with Crippen LogP contribution < -0.4 is 5.43 Å². The molecule has 0 aliphatic carbocycles. The molecule has 92 valence electrons. The molecule has 0 bridgehead atoms. The Balaban J connectivity index is 2.96. The smallest absolute Gasteiger partial charge is 0.153 e. The van der Waals surface area contributed by atoms with Gasteiger partial charge >= 0.3 is 0 Å². The van der Waals surface area contributed by atoms with Crippen LogP contribution >= 0.6 is 24.0 Å². The zero-order valence-corrected chi connectivity index (χ0v) is 11.1. The fraction of sp³-hybridized carbons (Fsp3) is 0.300. The molecule has 0 spiro atoms. The van der Waals surface area contributed by atoms with E-state index in [4.69, 9.17) is 17.3 Å². The number of hydrogen-bond acceptors (Lipinski definition) is 6. The molecule has 1 heterocycles. The van der Waals surface area contributed by atoms with Crippen LogP contribution in [-0.4, -0.2) is 32.0 Å². The van der Waals surface area contributed by atoms with Gasteiger partial charge in [-0.05, 0) is 13.2 Å². The molecule has 1 rings (SSSR count). The van der Waals surface area contributed by atoms with Gasteiger partial charge in [-0.3, -0.25) is 10.4 Å². The Morgan fingerprint density at radius 2 is 2.41 bits per heavy atom. The van der Waals surface area contributed by atoms with Gasteiger partial charge < -0.3 is 10.2 Å². The first-order valence-electron chi connectivity index (χ1n) is 4.75. The third-order valence-corrected chi connectivity index (χ3v) is 3.12. The SMILES string of the molecule is CSC(=S)N/N=C/c1c(CO)cnc(C)c1O. The zero-order valence-electron chi connectivity index (χ0n) is 9.47. The van der Waals surface area contributed by atoms with Gasteiger partial charge in [-0.15, -0.1) is 0 Å². The molecule has 0 saturated carbocycles. The van der Waals surface area contributed by atoms with Crippen LogP contribution in [-0.2, 0) is 6.61 Å². The van der Waals surface area contributed by atoms with Crippen LogP contribution in [0, 0.1) is 6.92 Å². The normalized spacial score (nSPS) is 10.8. The van der Waals surface area contributed by atoms with Gasteiger partial charge in [0.1, 0.15) is 5.75 Å². The number of aromatic nitrogens is 1. The highest BCUT2D eigenvalue weighted by Gasteiger charge is 2.09. The van der Waals surface area contributed by atoms with E-state index in [1.807, 2.05) is 6.26 Å². The summed E-state index contributed by atoms with van der Waals surface area (Å²) in [6, 6.07) is 0. The van der Waals surface area contributed by atoms with Crippen molar-refractivity contribution >= 4 is 34.5 Å². The van der Waals surface area contributed by atoms with Crippen molar-refractivity contribution in [3.63, 3.8) is 0 Å². The lowest BCUT2D eigenvalue weighted by molar-refractivity contribution is 0.280.